The molecule has 0 saturated carbocycles. The molecule has 176 valence electrons. The van der Waals surface area contributed by atoms with Crippen LogP contribution in [0.1, 0.15) is 36.3 Å². The number of phenols is 1. The monoisotopic (exact) mass is 463 g/mol. The van der Waals surface area contributed by atoms with Crippen molar-refractivity contribution in [3.05, 3.63) is 83.3 Å². The van der Waals surface area contributed by atoms with Crippen molar-refractivity contribution in [3.63, 3.8) is 0 Å². The summed E-state index contributed by atoms with van der Waals surface area (Å²) in [6.45, 7) is 2.57. The average Bonchev–Trinajstić information content (AvgIpc) is 3.45. The van der Waals surface area contributed by atoms with Gasteiger partial charge in [-0.2, -0.15) is 0 Å². The largest absolute Gasteiger partial charge is 0.507 e. The van der Waals surface area contributed by atoms with Crippen molar-refractivity contribution < 1.29 is 33.7 Å². The number of aliphatic hydroxyl groups excluding tert-OH is 1. The summed E-state index contributed by atoms with van der Waals surface area (Å²) in [7, 11) is 1.42. The maximum Gasteiger partial charge on any atom is 0.296 e. The lowest BCUT2D eigenvalue weighted by molar-refractivity contribution is -0.140. The summed E-state index contributed by atoms with van der Waals surface area (Å²) in [6.07, 6.45) is 2.33. The Morgan fingerprint density at radius 2 is 1.88 bits per heavy atom. The van der Waals surface area contributed by atoms with Gasteiger partial charge in [0, 0.05) is 5.56 Å². The fraction of sp³-hybridized carbons (Fsp3) is 0.231. The first-order chi connectivity index (χ1) is 16.4. The number of carbonyl (C=O) groups is 2. The Morgan fingerprint density at radius 3 is 2.50 bits per heavy atom. The fourth-order valence-electron chi connectivity index (χ4n) is 3.92. The predicted octanol–water partition coefficient (Wildman–Crippen LogP) is 4.40. The van der Waals surface area contributed by atoms with Gasteiger partial charge in [-0.1, -0.05) is 13.0 Å². The van der Waals surface area contributed by atoms with Crippen LogP contribution in [0.4, 0.5) is 0 Å². The van der Waals surface area contributed by atoms with Gasteiger partial charge in [0.2, 0.25) is 0 Å². The minimum absolute atomic E-state index is 0.00953. The Hall–Kier alpha value is -4.20. The minimum Gasteiger partial charge on any atom is -0.507 e. The lowest BCUT2D eigenvalue weighted by atomic mass is 9.95. The minimum atomic E-state index is -0.946. The number of Topliss-reactive ketones (excluding diaryl/α,β-unsaturated/α-hetero) is 1. The van der Waals surface area contributed by atoms with E-state index in [9.17, 15) is 19.8 Å². The van der Waals surface area contributed by atoms with Gasteiger partial charge in [-0.05, 0) is 60.5 Å². The number of hydrogen-bond donors (Lipinski definition) is 2. The number of ether oxygens (including phenoxy) is 2. The molecule has 0 bridgehead atoms. The van der Waals surface area contributed by atoms with Crippen LogP contribution in [0, 0.1) is 0 Å². The standard InChI is InChI=1S/C26H25NO7/c1-3-12-33-18-9-6-16(7-10-18)24(29)22-23(17-8-11-21(32-2)20(28)14-17)27(26(31)25(22)30)15-19-5-4-13-34-19/h4-11,13-14,23,28-29H,3,12,15H2,1-2H3/b24-22-. The van der Waals surface area contributed by atoms with Gasteiger partial charge in [-0.25, -0.2) is 0 Å². The molecule has 2 N–H and O–H groups in total. The number of methoxy groups -OCH3 is 1. The summed E-state index contributed by atoms with van der Waals surface area (Å²) in [4.78, 5) is 27.4. The molecule has 4 rings (SSSR count). The average molecular weight is 463 g/mol. The zero-order chi connectivity index (χ0) is 24.2. The number of hydrogen-bond acceptors (Lipinski definition) is 7. The van der Waals surface area contributed by atoms with Crippen LogP contribution in [0.25, 0.3) is 5.76 Å². The van der Waals surface area contributed by atoms with E-state index in [4.69, 9.17) is 13.9 Å². The number of aliphatic hydroxyl groups is 1. The molecule has 1 aromatic heterocycles. The summed E-state index contributed by atoms with van der Waals surface area (Å²) < 4.78 is 16.1. The lowest BCUT2D eigenvalue weighted by Gasteiger charge is -2.25. The molecule has 0 aliphatic carbocycles. The number of likely N-dealkylation sites (tertiary alicyclic amines) is 1. The van der Waals surface area contributed by atoms with Crippen LogP contribution >= 0.6 is 0 Å². The zero-order valence-corrected chi connectivity index (χ0v) is 18.9. The van der Waals surface area contributed by atoms with E-state index in [2.05, 4.69) is 0 Å². The van der Waals surface area contributed by atoms with E-state index < -0.39 is 17.7 Å². The van der Waals surface area contributed by atoms with Crippen molar-refractivity contribution in [2.75, 3.05) is 13.7 Å². The van der Waals surface area contributed by atoms with Gasteiger partial charge < -0.3 is 29.0 Å². The fourth-order valence-corrected chi connectivity index (χ4v) is 3.92. The van der Waals surface area contributed by atoms with Crippen molar-refractivity contribution in [3.8, 4) is 17.2 Å². The van der Waals surface area contributed by atoms with Gasteiger partial charge in [0.05, 0.1) is 38.1 Å². The second kappa shape index (κ2) is 9.74. The van der Waals surface area contributed by atoms with E-state index in [1.807, 2.05) is 6.92 Å². The molecule has 1 saturated heterocycles. The van der Waals surface area contributed by atoms with Crippen LogP contribution < -0.4 is 9.47 Å². The molecule has 0 radical (unpaired) electrons. The molecular formula is C26H25NO7. The molecule has 1 aliphatic rings. The molecule has 8 nitrogen and oxygen atoms in total. The second-order valence-electron chi connectivity index (χ2n) is 7.81. The molecule has 1 fully saturated rings. The number of amides is 1. The highest BCUT2D eigenvalue weighted by atomic mass is 16.5. The topological polar surface area (TPSA) is 109 Å². The van der Waals surface area contributed by atoms with Crippen LogP contribution in [0.2, 0.25) is 0 Å². The summed E-state index contributed by atoms with van der Waals surface area (Å²) in [5.74, 6) is -0.717. The van der Waals surface area contributed by atoms with Crippen molar-refractivity contribution in [1.82, 2.24) is 4.90 Å². The van der Waals surface area contributed by atoms with Crippen molar-refractivity contribution in [2.24, 2.45) is 0 Å². The molecule has 1 unspecified atom stereocenters. The van der Waals surface area contributed by atoms with Crippen LogP contribution in [-0.4, -0.2) is 40.5 Å². The lowest BCUT2D eigenvalue weighted by Crippen LogP contribution is -2.29. The van der Waals surface area contributed by atoms with Crippen LogP contribution in [0.3, 0.4) is 0 Å². The number of aromatic hydroxyl groups is 1. The van der Waals surface area contributed by atoms with Gasteiger partial charge in [-0.15, -0.1) is 0 Å². The van der Waals surface area contributed by atoms with E-state index >= 15 is 0 Å². The number of benzene rings is 2. The third-order valence-electron chi connectivity index (χ3n) is 5.57. The Labute approximate surface area is 196 Å². The highest BCUT2D eigenvalue weighted by Crippen LogP contribution is 2.42. The third-order valence-corrected chi connectivity index (χ3v) is 5.57. The van der Waals surface area contributed by atoms with Gasteiger partial charge in [0.1, 0.15) is 17.3 Å². The molecule has 34 heavy (non-hydrogen) atoms. The molecular weight excluding hydrogens is 438 g/mol. The quantitative estimate of drug-likeness (QED) is 0.289. The second-order valence-corrected chi connectivity index (χ2v) is 7.81. The smallest absolute Gasteiger partial charge is 0.296 e. The van der Waals surface area contributed by atoms with Crippen molar-refractivity contribution in [2.45, 2.75) is 25.9 Å². The Bertz CT molecular complexity index is 1210. The Balaban J connectivity index is 1.80. The first kappa shape index (κ1) is 23.0. The summed E-state index contributed by atoms with van der Waals surface area (Å²) >= 11 is 0. The third kappa shape index (κ3) is 4.34. The number of ketones is 1. The summed E-state index contributed by atoms with van der Waals surface area (Å²) in [5.41, 5.74) is 0.722. The van der Waals surface area contributed by atoms with Crippen LogP contribution in [0.5, 0.6) is 17.2 Å². The van der Waals surface area contributed by atoms with E-state index in [0.717, 1.165) is 6.42 Å². The summed E-state index contributed by atoms with van der Waals surface area (Å²) in [6, 6.07) is 13.7. The maximum atomic E-state index is 13.1. The van der Waals surface area contributed by atoms with Crippen molar-refractivity contribution in [1.29, 1.82) is 0 Å². The molecule has 2 aromatic carbocycles. The predicted molar refractivity (Wildman–Crippen MR) is 123 cm³/mol. The molecule has 1 amide bonds. The molecule has 3 aromatic rings. The maximum absolute atomic E-state index is 13.1. The SMILES string of the molecule is CCCOc1ccc(/C(O)=C2/C(=O)C(=O)N(Cc3ccco3)C2c2ccc(OC)c(O)c2)cc1. The molecule has 2 heterocycles. The summed E-state index contributed by atoms with van der Waals surface area (Å²) in [5, 5.41) is 21.5. The normalized spacial score (nSPS) is 17.2. The number of phenolic OH excluding ortho intramolecular Hbond substituents is 1. The molecule has 1 atom stereocenters. The molecule has 8 heteroatoms. The van der Waals surface area contributed by atoms with Crippen LogP contribution in [-0.2, 0) is 16.1 Å². The first-order valence-corrected chi connectivity index (χ1v) is 10.9. The first-order valence-electron chi connectivity index (χ1n) is 10.9. The zero-order valence-electron chi connectivity index (χ0n) is 18.9. The van der Waals surface area contributed by atoms with E-state index in [1.54, 1.807) is 42.5 Å². The highest BCUT2D eigenvalue weighted by Gasteiger charge is 2.46. The van der Waals surface area contributed by atoms with E-state index in [-0.39, 0.29) is 29.4 Å². The van der Waals surface area contributed by atoms with Gasteiger partial charge in [-0.3, -0.25) is 9.59 Å². The Morgan fingerprint density at radius 1 is 1.12 bits per heavy atom. The molecule has 0 spiro atoms. The molecule has 1 aliphatic heterocycles. The van der Waals surface area contributed by atoms with Gasteiger partial charge >= 0.3 is 0 Å². The van der Waals surface area contributed by atoms with Crippen LogP contribution in [0.15, 0.2) is 70.9 Å². The number of nitrogens with zero attached hydrogens (tertiary/aromatic N) is 1. The number of carbonyl (C=O) groups excluding carboxylic acids is 2. The number of furan rings is 1. The highest BCUT2D eigenvalue weighted by molar-refractivity contribution is 6.46. The Kier molecular flexibility index (Phi) is 6.58. The number of rotatable bonds is 8. The van der Waals surface area contributed by atoms with Crippen molar-refractivity contribution >= 4 is 17.4 Å². The van der Waals surface area contributed by atoms with E-state index in [0.29, 0.717) is 29.2 Å². The van der Waals surface area contributed by atoms with Gasteiger partial charge in [0.15, 0.2) is 11.5 Å². The van der Waals surface area contributed by atoms with E-state index in [1.165, 1.54) is 30.4 Å². The van der Waals surface area contributed by atoms with Gasteiger partial charge in [0.25, 0.3) is 11.7 Å².